The van der Waals surface area contributed by atoms with Gasteiger partial charge in [0.05, 0.1) is 12.6 Å². The van der Waals surface area contributed by atoms with Crippen molar-refractivity contribution in [1.82, 2.24) is 14.9 Å². The van der Waals surface area contributed by atoms with Crippen LogP contribution >= 0.6 is 11.6 Å². The highest BCUT2D eigenvalue weighted by Crippen LogP contribution is 2.23. The van der Waals surface area contributed by atoms with Gasteiger partial charge in [-0.1, -0.05) is 84.4 Å². The molecule has 0 aliphatic rings. The zero-order valence-electron chi connectivity index (χ0n) is 18.8. The van der Waals surface area contributed by atoms with Gasteiger partial charge in [-0.05, 0) is 47.0 Å². The number of carbonyl (C=O) groups is 1. The molecule has 0 fully saturated rings. The summed E-state index contributed by atoms with van der Waals surface area (Å²) in [7, 11) is 0. The Hall–Kier alpha value is -4.22. The number of pyridine rings is 2. The maximum Gasteiger partial charge on any atom is 0.265 e. The Morgan fingerprint density at radius 1 is 0.857 bits per heavy atom. The zero-order valence-corrected chi connectivity index (χ0v) is 19.5. The van der Waals surface area contributed by atoms with Crippen LogP contribution < -0.4 is 10.9 Å². The number of aromatic nitrogens is 2. The van der Waals surface area contributed by atoms with E-state index in [1.807, 2.05) is 78.9 Å². The molecule has 0 atom stereocenters. The average Bonchev–Trinajstić information content (AvgIpc) is 2.90. The highest BCUT2D eigenvalue weighted by Gasteiger charge is 2.21. The summed E-state index contributed by atoms with van der Waals surface area (Å²) in [5.74, 6) is -0.441. The zero-order chi connectivity index (χ0) is 24.2. The summed E-state index contributed by atoms with van der Waals surface area (Å²) in [5.41, 5.74) is 2.92. The Labute approximate surface area is 207 Å². The molecule has 0 aliphatic carbocycles. The molecule has 0 radical (unpaired) electrons. The predicted octanol–water partition coefficient (Wildman–Crippen LogP) is 5.62. The van der Waals surface area contributed by atoms with Crippen LogP contribution in [0.3, 0.4) is 0 Å². The van der Waals surface area contributed by atoms with E-state index in [9.17, 15) is 9.59 Å². The molecule has 1 N–H and O–H groups in total. The Morgan fingerprint density at radius 3 is 2.11 bits per heavy atom. The van der Waals surface area contributed by atoms with Gasteiger partial charge in [-0.25, -0.2) is 4.98 Å². The normalized spacial score (nSPS) is 11.0. The van der Waals surface area contributed by atoms with E-state index >= 15 is 0 Å². The summed E-state index contributed by atoms with van der Waals surface area (Å²) >= 11 is 6.02. The van der Waals surface area contributed by atoms with Crippen LogP contribution in [0.5, 0.6) is 0 Å². The Morgan fingerprint density at radius 2 is 1.49 bits per heavy atom. The van der Waals surface area contributed by atoms with E-state index in [2.05, 4.69) is 10.3 Å². The molecule has 35 heavy (non-hydrogen) atoms. The number of nitrogens with one attached hydrogen (secondary N) is 1. The van der Waals surface area contributed by atoms with Crippen LogP contribution in [-0.2, 0) is 6.54 Å². The molecule has 0 saturated heterocycles. The van der Waals surface area contributed by atoms with Crippen molar-refractivity contribution < 1.29 is 4.79 Å². The number of benzene rings is 3. The Kier molecular flexibility index (Phi) is 6.42. The molecule has 5 aromatic rings. The first-order valence-corrected chi connectivity index (χ1v) is 11.6. The largest absolute Gasteiger partial charge is 0.341 e. The average molecular weight is 480 g/mol. The topological polar surface area (TPSA) is 64.0 Å². The SMILES string of the molecule is O=C(NC(c1ccccc1)c1ccccc1)c1cc2cccnc2n(Cc2ccc(Cl)cc2)c1=O. The Balaban J connectivity index is 1.57. The molecule has 0 bridgehead atoms. The van der Waals surface area contributed by atoms with Crippen molar-refractivity contribution in [2.24, 2.45) is 0 Å². The molecule has 5 rings (SSSR count). The monoisotopic (exact) mass is 479 g/mol. The van der Waals surface area contributed by atoms with Gasteiger partial charge >= 0.3 is 0 Å². The minimum absolute atomic E-state index is 0.0660. The Bertz CT molecular complexity index is 1490. The predicted molar refractivity (Wildman–Crippen MR) is 139 cm³/mol. The summed E-state index contributed by atoms with van der Waals surface area (Å²) in [6.07, 6.45) is 1.64. The molecule has 0 saturated carbocycles. The molecule has 172 valence electrons. The molecule has 0 aliphatic heterocycles. The molecule has 0 unspecified atom stereocenters. The summed E-state index contributed by atoms with van der Waals surface area (Å²) < 4.78 is 1.54. The number of hydrogen-bond donors (Lipinski definition) is 1. The first-order valence-electron chi connectivity index (χ1n) is 11.2. The number of amides is 1. The second kappa shape index (κ2) is 9.95. The van der Waals surface area contributed by atoms with Crippen molar-refractivity contribution in [1.29, 1.82) is 0 Å². The summed E-state index contributed by atoms with van der Waals surface area (Å²) in [6.45, 7) is 0.269. The molecule has 3 aromatic carbocycles. The summed E-state index contributed by atoms with van der Waals surface area (Å²) in [6, 6.07) is 31.5. The minimum atomic E-state index is -0.441. The van der Waals surface area contributed by atoms with Gasteiger partial charge in [-0.15, -0.1) is 0 Å². The molecular formula is C29H22ClN3O2. The van der Waals surface area contributed by atoms with Crippen LogP contribution in [-0.4, -0.2) is 15.5 Å². The quantitative estimate of drug-likeness (QED) is 0.344. The number of nitrogens with zero attached hydrogens (tertiary/aromatic N) is 2. The highest BCUT2D eigenvalue weighted by atomic mass is 35.5. The van der Waals surface area contributed by atoms with Crippen molar-refractivity contribution >= 4 is 28.5 Å². The maximum absolute atomic E-state index is 13.6. The molecule has 2 heterocycles. The van der Waals surface area contributed by atoms with E-state index < -0.39 is 17.5 Å². The molecule has 0 spiro atoms. The third kappa shape index (κ3) is 4.86. The van der Waals surface area contributed by atoms with Gasteiger partial charge in [-0.3, -0.25) is 14.2 Å². The van der Waals surface area contributed by atoms with E-state index in [1.165, 1.54) is 4.57 Å². The first kappa shape index (κ1) is 22.6. The fraction of sp³-hybridized carbons (Fsp3) is 0.0690. The van der Waals surface area contributed by atoms with Gasteiger partial charge in [0.2, 0.25) is 0 Å². The van der Waals surface area contributed by atoms with Gasteiger partial charge in [0, 0.05) is 16.6 Å². The maximum atomic E-state index is 13.6. The van der Waals surface area contributed by atoms with Crippen LogP contribution in [0.25, 0.3) is 11.0 Å². The van der Waals surface area contributed by atoms with Crippen LogP contribution in [0.2, 0.25) is 5.02 Å². The van der Waals surface area contributed by atoms with Gasteiger partial charge < -0.3 is 5.32 Å². The third-order valence-corrected chi connectivity index (χ3v) is 6.14. The smallest absolute Gasteiger partial charge is 0.265 e. The molecule has 2 aromatic heterocycles. The van der Waals surface area contributed by atoms with Crippen LogP contribution in [0, 0.1) is 0 Å². The lowest BCUT2D eigenvalue weighted by atomic mass is 9.98. The molecule has 5 nitrogen and oxygen atoms in total. The number of carbonyl (C=O) groups excluding carboxylic acids is 1. The second-order valence-corrected chi connectivity index (χ2v) is 8.66. The van der Waals surface area contributed by atoms with Crippen molar-refractivity contribution in [3.8, 4) is 0 Å². The summed E-state index contributed by atoms with van der Waals surface area (Å²) in [4.78, 5) is 31.6. The second-order valence-electron chi connectivity index (χ2n) is 8.22. The van der Waals surface area contributed by atoms with Gasteiger partial charge in [0.25, 0.3) is 11.5 Å². The van der Waals surface area contributed by atoms with E-state index in [1.54, 1.807) is 30.5 Å². The van der Waals surface area contributed by atoms with E-state index in [0.717, 1.165) is 16.7 Å². The number of halogens is 1. The number of rotatable bonds is 6. The summed E-state index contributed by atoms with van der Waals surface area (Å²) in [5, 5.41) is 4.41. The first-order chi connectivity index (χ1) is 17.1. The van der Waals surface area contributed by atoms with Gasteiger partial charge in [0.1, 0.15) is 11.2 Å². The van der Waals surface area contributed by atoms with Crippen molar-refractivity contribution in [2.75, 3.05) is 0 Å². The van der Waals surface area contributed by atoms with Crippen molar-refractivity contribution in [3.63, 3.8) is 0 Å². The van der Waals surface area contributed by atoms with Crippen LogP contribution in [0.1, 0.15) is 33.1 Å². The lowest BCUT2D eigenvalue weighted by molar-refractivity contribution is 0.0941. The third-order valence-electron chi connectivity index (χ3n) is 5.89. The highest BCUT2D eigenvalue weighted by molar-refractivity contribution is 6.30. The minimum Gasteiger partial charge on any atom is -0.341 e. The van der Waals surface area contributed by atoms with Gasteiger partial charge in [0.15, 0.2) is 0 Å². The lowest BCUT2D eigenvalue weighted by Gasteiger charge is -2.20. The van der Waals surface area contributed by atoms with E-state index in [-0.39, 0.29) is 12.1 Å². The van der Waals surface area contributed by atoms with Crippen LogP contribution in [0.4, 0.5) is 0 Å². The van der Waals surface area contributed by atoms with Crippen molar-refractivity contribution in [3.05, 3.63) is 147 Å². The lowest BCUT2D eigenvalue weighted by Crippen LogP contribution is -2.36. The number of fused-ring (bicyclic) bond motifs is 1. The van der Waals surface area contributed by atoms with E-state index in [4.69, 9.17) is 11.6 Å². The molecule has 6 heteroatoms. The van der Waals surface area contributed by atoms with Crippen LogP contribution in [0.15, 0.2) is 114 Å². The fourth-order valence-corrected chi connectivity index (χ4v) is 4.27. The molecular weight excluding hydrogens is 458 g/mol. The van der Waals surface area contributed by atoms with Gasteiger partial charge in [-0.2, -0.15) is 0 Å². The molecule has 1 amide bonds. The van der Waals surface area contributed by atoms with E-state index in [0.29, 0.717) is 16.1 Å². The standard InChI is InChI=1S/C29H22ClN3O2/c30-24-15-13-20(14-16-24)19-33-27-23(12-7-17-31-27)18-25(29(33)35)28(34)32-26(21-8-3-1-4-9-21)22-10-5-2-6-11-22/h1-18,26H,19H2,(H,32,34). The fourth-order valence-electron chi connectivity index (χ4n) is 4.15. The number of hydrogen-bond acceptors (Lipinski definition) is 3. The van der Waals surface area contributed by atoms with Crippen molar-refractivity contribution in [2.45, 2.75) is 12.6 Å².